The van der Waals surface area contributed by atoms with Gasteiger partial charge in [-0.05, 0) is 6.07 Å². The van der Waals surface area contributed by atoms with Crippen molar-refractivity contribution in [3.05, 3.63) is 36.4 Å². The van der Waals surface area contributed by atoms with Crippen LogP contribution in [0.1, 0.15) is 5.56 Å². The predicted octanol–water partition coefficient (Wildman–Crippen LogP) is 2.04. The van der Waals surface area contributed by atoms with Crippen LogP contribution in [0.15, 0.2) is 30.8 Å². The summed E-state index contributed by atoms with van der Waals surface area (Å²) in [7, 11) is 1.66. The Morgan fingerprint density at radius 3 is 2.38 bits per heavy atom. The molecule has 0 aliphatic rings. The third-order valence-corrected chi connectivity index (χ3v) is 1.36. The summed E-state index contributed by atoms with van der Waals surface area (Å²) < 4.78 is 5.06. The Kier molecular flexibility index (Phi) is 5.97. The van der Waals surface area contributed by atoms with Crippen LogP contribution in [0.2, 0.25) is 0 Å². The Morgan fingerprint density at radius 1 is 1.46 bits per heavy atom. The number of methoxy groups -OCH3 is 1. The van der Waals surface area contributed by atoms with Crippen molar-refractivity contribution in [3.8, 4) is 5.75 Å². The Bertz CT molecular complexity index is 269. The van der Waals surface area contributed by atoms with Crippen molar-refractivity contribution >= 4 is 12.5 Å². The molecule has 0 atom stereocenters. The first-order chi connectivity index (χ1) is 6.29. The first kappa shape index (κ1) is 11.2. The molecule has 0 saturated carbocycles. The summed E-state index contributed by atoms with van der Waals surface area (Å²) in [6.45, 7) is 3.41. The Morgan fingerprint density at radius 2 is 2.00 bits per heavy atom. The number of para-hydroxylation sites is 1. The van der Waals surface area contributed by atoms with E-state index in [1.165, 1.54) is 0 Å². The number of rotatable bonds is 2. The number of carbonyl (C=O) groups is 1. The first-order valence-electron chi connectivity index (χ1n) is 3.63. The molecule has 0 heterocycles. The van der Waals surface area contributed by atoms with Crippen molar-refractivity contribution in [1.29, 1.82) is 0 Å². The Labute approximate surface area is 77.3 Å². The Hall–Kier alpha value is -1.77. The molecule has 0 aliphatic heterocycles. The van der Waals surface area contributed by atoms with Gasteiger partial charge in [0.2, 0.25) is 0 Å². The molecule has 1 N–H and O–H groups in total. The average molecular weight is 180 g/mol. The van der Waals surface area contributed by atoms with Crippen molar-refractivity contribution < 1.29 is 14.6 Å². The van der Waals surface area contributed by atoms with Crippen molar-refractivity contribution in [1.82, 2.24) is 0 Å². The maximum absolute atomic E-state index is 8.36. The lowest BCUT2D eigenvalue weighted by Crippen LogP contribution is -1.84. The summed E-state index contributed by atoms with van der Waals surface area (Å²) in [5.41, 5.74) is 1.03. The second kappa shape index (κ2) is 6.91. The van der Waals surface area contributed by atoms with Gasteiger partial charge in [-0.1, -0.05) is 30.9 Å². The molecule has 70 valence electrons. The standard InChI is InChI=1S/C9H10O.CH2O2/c1-3-8-6-4-5-7-9(8)10-2;2-1-3/h3-7H,1H2,2H3;1H,(H,2,3). The van der Waals surface area contributed by atoms with Crippen LogP contribution in [0.4, 0.5) is 0 Å². The highest BCUT2D eigenvalue weighted by Gasteiger charge is 1.93. The zero-order valence-electron chi connectivity index (χ0n) is 7.43. The monoisotopic (exact) mass is 180 g/mol. The molecule has 1 aromatic rings. The molecule has 0 radical (unpaired) electrons. The van der Waals surface area contributed by atoms with E-state index in [0.29, 0.717) is 0 Å². The smallest absolute Gasteiger partial charge is 0.290 e. The van der Waals surface area contributed by atoms with Gasteiger partial charge in [0.25, 0.3) is 6.47 Å². The molecule has 0 aromatic heterocycles. The predicted molar refractivity (Wildman–Crippen MR) is 51.8 cm³/mol. The van der Waals surface area contributed by atoms with Crippen LogP contribution >= 0.6 is 0 Å². The highest BCUT2D eigenvalue weighted by atomic mass is 16.5. The number of ether oxygens (including phenoxy) is 1. The van der Waals surface area contributed by atoms with Gasteiger partial charge in [0, 0.05) is 5.56 Å². The van der Waals surface area contributed by atoms with Crippen molar-refractivity contribution in [3.63, 3.8) is 0 Å². The van der Waals surface area contributed by atoms with Gasteiger partial charge in [-0.15, -0.1) is 0 Å². The van der Waals surface area contributed by atoms with Gasteiger partial charge < -0.3 is 9.84 Å². The molecular formula is C10H12O3. The van der Waals surface area contributed by atoms with Crippen LogP contribution in [0.3, 0.4) is 0 Å². The summed E-state index contributed by atoms with van der Waals surface area (Å²) in [4.78, 5) is 8.36. The fraction of sp³-hybridized carbons (Fsp3) is 0.100. The van der Waals surface area contributed by atoms with Gasteiger partial charge >= 0.3 is 0 Å². The minimum Gasteiger partial charge on any atom is -0.496 e. The van der Waals surface area contributed by atoms with E-state index in [0.717, 1.165) is 11.3 Å². The summed E-state index contributed by atoms with van der Waals surface area (Å²) in [5, 5.41) is 6.89. The van der Waals surface area contributed by atoms with Crippen molar-refractivity contribution in [2.45, 2.75) is 0 Å². The highest BCUT2D eigenvalue weighted by molar-refractivity contribution is 5.55. The molecule has 3 heteroatoms. The van der Waals surface area contributed by atoms with Gasteiger partial charge in [0.15, 0.2) is 0 Å². The molecule has 1 aromatic carbocycles. The van der Waals surface area contributed by atoms with Crippen molar-refractivity contribution in [2.24, 2.45) is 0 Å². The molecule has 0 unspecified atom stereocenters. The average Bonchev–Trinajstić information content (AvgIpc) is 2.19. The van der Waals surface area contributed by atoms with Gasteiger partial charge in [-0.2, -0.15) is 0 Å². The molecule has 0 amide bonds. The van der Waals surface area contributed by atoms with Gasteiger partial charge in [0.1, 0.15) is 5.75 Å². The number of carboxylic acid groups (broad SMARTS) is 1. The minimum absolute atomic E-state index is 0.250. The lowest BCUT2D eigenvalue weighted by Gasteiger charge is -2.01. The summed E-state index contributed by atoms with van der Waals surface area (Å²) in [5.74, 6) is 0.873. The topological polar surface area (TPSA) is 46.5 Å². The summed E-state index contributed by atoms with van der Waals surface area (Å²) >= 11 is 0. The maximum Gasteiger partial charge on any atom is 0.290 e. The highest BCUT2D eigenvalue weighted by Crippen LogP contribution is 2.17. The van der Waals surface area contributed by atoms with E-state index in [-0.39, 0.29) is 6.47 Å². The normalized spacial score (nSPS) is 7.77. The Balaban J connectivity index is 0.000000424. The fourth-order valence-corrected chi connectivity index (χ4v) is 0.835. The molecule has 0 bridgehead atoms. The second-order valence-corrected chi connectivity index (χ2v) is 2.05. The lowest BCUT2D eigenvalue weighted by molar-refractivity contribution is -0.122. The van der Waals surface area contributed by atoms with Crippen LogP contribution < -0.4 is 4.74 Å². The molecule has 0 spiro atoms. The quantitative estimate of drug-likeness (QED) is 0.708. The molecule has 0 aliphatic carbocycles. The van der Waals surface area contributed by atoms with E-state index in [2.05, 4.69) is 6.58 Å². The van der Waals surface area contributed by atoms with Gasteiger partial charge in [-0.25, -0.2) is 0 Å². The van der Waals surface area contributed by atoms with Crippen LogP contribution in [0.25, 0.3) is 6.08 Å². The van der Waals surface area contributed by atoms with E-state index < -0.39 is 0 Å². The zero-order valence-corrected chi connectivity index (χ0v) is 7.43. The fourth-order valence-electron chi connectivity index (χ4n) is 0.835. The summed E-state index contributed by atoms with van der Waals surface area (Å²) in [6.07, 6.45) is 1.78. The lowest BCUT2D eigenvalue weighted by atomic mass is 10.2. The van der Waals surface area contributed by atoms with Crippen LogP contribution in [-0.2, 0) is 4.79 Å². The van der Waals surface area contributed by atoms with E-state index >= 15 is 0 Å². The van der Waals surface area contributed by atoms with E-state index in [9.17, 15) is 0 Å². The number of hydrogen-bond acceptors (Lipinski definition) is 2. The van der Waals surface area contributed by atoms with E-state index in [1.54, 1.807) is 13.2 Å². The molecule has 0 fully saturated rings. The maximum atomic E-state index is 8.36. The second-order valence-electron chi connectivity index (χ2n) is 2.05. The van der Waals surface area contributed by atoms with Gasteiger partial charge in [-0.3, -0.25) is 4.79 Å². The van der Waals surface area contributed by atoms with E-state index in [4.69, 9.17) is 14.6 Å². The van der Waals surface area contributed by atoms with Crippen molar-refractivity contribution in [2.75, 3.05) is 7.11 Å². The van der Waals surface area contributed by atoms with Gasteiger partial charge in [0.05, 0.1) is 7.11 Å². The third kappa shape index (κ3) is 3.96. The molecule has 1 rings (SSSR count). The molecule has 13 heavy (non-hydrogen) atoms. The largest absolute Gasteiger partial charge is 0.496 e. The molecular weight excluding hydrogens is 168 g/mol. The van der Waals surface area contributed by atoms with Crippen LogP contribution in [0, 0.1) is 0 Å². The number of benzene rings is 1. The minimum atomic E-state index is -0.250. The molecule has 0 saturated heterocycles. The van der Waals surface area contributed by atoms with Crippen LogP contribution in [-0.4, -0.2) is 18.7 Å². The van der Waals surface area contributed by atoms with Crippen LogP contribution in [0.5, 0.6) is 5.75 Å². The molecule has 3 nitrogen and oxygen atoms in total. The first-order valence-corrected chi connectivity index (χ1v) is 3.63. The van der Waals surface area contributed by atoms with E-state index in [1.807, 2.05) is 24.3 Å². The summed E-state index contributed by atoms with van der Waals surface area (Å²) in [6, 6.07) is 7.77. The number of hydrogen-bond donors (Lipinski definition) is 1. The zero-order chi connectivity index (χ0) is 10.1. The third-order valence-electron chi connectivity index (χ3n) is 1.36. The SMILES string of the molecule is C=Cc1ccccc1OC.O=CO.